The first-order valence-corrected chi connectivity index (χ1v) is 7.88. The van der Waals surface area contributed by atoms with Crippen molar-refractivity contribution in [1.29, 1.82) is 0 Å². The molecule has 0 atom stereocenters. The summed E-state index contributed by atoms with van der Waals surface area (Å²) >= 11 is 0. The molecule has 0 bridgehead atoms. The fourth-order valence-electron chi connectivity index (χ4n) is 2.05. The third-order valence-corrected chi connectivity index (χ3v) is 3.04. The van der Waals surface area contributed by atoms with E-state index in [2.05, 4.69) is 25.8 Å². The molecular weight excluding hydrogens is 306 g/mol. The minimum absolute atomic E-state index is 0.244. The molecule has 2 rings (SSSR count). The van der Waals surface area contributed by atoms with Crippen molar-refractivity contribution in [2.24, 2.45) is 4.99 Å². The Kier molecular flexibility index (Phi) is 5.78. The van der Waals surface area contributed by atoms with Crippen LogP contribution in [0, 0.1) is 6.92 Å². The molecule has 0 saturated carbocycles. The second-order valence-corrected chi connectivity index (χ2v) is 6.34. The highest BCUT2D eigenvalue weighted by Crippen LogP contribution is 2.22. The molecule has 2 N–H and O–H groups in total. The second-order valence-electron chi connectivity index (χ2n) is 6.34. The van der Waals surface area contributed by atoms with Gasteiger partial charge in [-0.2, -0.15) is 4.98 Å². The van der Waals surface area contributed by atoms with Crippen LogP contribution in [0.2, 0.25) is 0 Å². The smallest absolute Gasteiger partial charge is 0.246 e. The van der Waals surface area contributed by atoms with E-state index in [0.717, 1.165) is 11.3 Å². The number of hydrogen-bond acceptors (Lipinski definition) is 5. The molecule has 7 nitrogen and oxygen atoms in total. The summed E-state index contributed by atoms with van der Waals surface area (Å²) in [5.74, 6) is 2.65. The van der Waals surface area contributed by atoms with Crippen molar-refractivity contribution < 1.29 is 9.26 Å². The third kappa shape index (κ3) is 5.57. The minimum atomic E-state index is -0.244. The van der Waals surface area contributed by atoms with Gasteiger partial charge in [-0.15, -0.1) is 0 Å². The molecule has 7 heteroatoms. The monoisotopic (exact) mass is 331 g/mol. The van der Waals surface area contributed by atoms with E-state index in [-0.39, 0.29) is 5.60 Å². The molecule has 24 heavy (non-hydrogen) atoms. The van der Waals surface area contributed by atoms with E-state index in [9.17, 15) is 0 Å². The van der Waals surface area contributed by atoms with Crippen molar-refractivity contribution in [1.82, 2.24) is 20.8 Å². The first-order valence-electron chi connectivity index (χ1n) is 7.88. The van der Waals surface area contributed by atoms with Crippen LogP contribution >= 0.6 is 0 Å². The number of para-hydroxylation sites is 1. The normalized spacial score (nSPS) is 12.1. The molecule has 2 aromatic rings. The Balaban J connectivity index is 1.93. The number of hydrogen-bond donors (Lipinski definition) is 2. The lowest BCUT2D eigenvalue weighted by atomic mass is 10.1. The summed E-state index contributed by atoms with van der Waals surface area (Å²) in [6.07, 6.45) is 0. The van der Waals surface area contributed by atoms with Crippen LogP contribution in [0.15, 0.2) is 33.8 Å². The molecule has 0 aliphatic carbocycles. The van der Waals surface area contributed by atoms with E-state index in [1.54, 1.807) is 14.0 Å². The predicted molar refractivity (Wildman–Crippen MR) is 92.9 cm³/mol. The van der Waals surface area contributed by atoms with Crippen molar-refractivity contribution in [3.63, 3.8) is 0 Å². The van der Waals surface area contributed by atoms with Gasteiger partial charge in [0.25, 0.3) is 0 Å². The Hall–Kier alpha value is -2.57. The summed E-state index contributed by atoms with van der Waals surface area (Å²) in [6, 6.07) is 7.96. The van der Waals surface area contributed by atoms with Gasteiger partial charge in [0.1, 0.15) is 11.4 Å². The fraction of sp³-hybridized carbons (Fsp3) is 0.471. The van der Waals surface area contributed by atoms with E-state index >= 15 is 0 Å². The predicted octanol–water partition coefficient (Wildman–Crippen LogP) is 2.42. The molecule has 0 amide bonds. The van der Waals surface area contributed by atoms with Gasteiger partial charge in [0.2, 0.25) is 5.89 Å². The Bertz CT molecular complexity index is 688. The standard InChI is InChI=1S/C17H25N5O2/c1-12-21-15(24-22-12)11-20-16(18-5)19-10-13-8-6-7-9-14(13)23-17(2,3)4/h6-9H,10-11H2,1-5H3,(H2,18,19,20). The van der Waals surface area contributed by atoms with Crippen molar-refractivity contribution in [2.45, 2.75) is 46.4 Å². The van der Waals surface area contributed by atoms with Crippen LogP contribution in [0.5, 0.6) is 5.75 Å². The Morgan fingerprint density at radius 2 is 1.92 bits per heavy atom. The van der Waals surface area contributed by atoms with E-state index in [4.69, 9.17) is 9.26 Å². The number of guanidine groups is 1. The molecule has 130 valence electrons. The van der Waals surface area contributed by atoms with Crippen LogP contribution in [-0.2, 0) is 13.1 Å². The number of aryl methyl sites for hydroxylation is 1. The quantitative estimate of drug-likeness (QED) is 0.646. The molecule has 1 heterocycles. The first-order chi connectivity index (χ1) is 11.4. The highest BCUT2D eigenvalue weighted by molar-refractivity contribution is 5.79. The van der Waals surface area contributed by atoms with Crippen LogP contribution in [0.3, 0.4) is 0 Å². The van der Waals surface area contributed by atoms with Gasteiger partial charge in [0, 0.05) is 19.2 Å². The summed E-state index contributed by atoms with van der Waals surface area (Å²) in [7, 11) is 1.71. The topological polar surface area (TPSA) is 84.6 Å². The Morgan fingerprint density at radius 1 is 1.21 bits per heavy atom. The molecule has 0 spiro atoms. The maximum absolute atomic E-state index is 6.00. The van der Waals surface area contributed by atoms with Crippen LogP contribution in [0.25, 0.3) is 0 Å². The van der Waals surface area contributed by atoms with Gasteiger partial charge >= 0.3 is 0 Å². The van der Waals surface area contributed by atoms with Gasteiger partial charge < -0.3 is 19.9 Å². The SMILES string of the molecule is CN=C(NCc1nc(C)no1)NCc1ccccc1OC(C)(C)C. The number of aromatic nitrogens is 2. The van der Waals surface area contributed by atoms with Gasteiger partial charge in [0.15, 0.2) is 11.8 Å². The summed E-state index contributed by atoms with van der Waals surface area (Å²) in [6.45, 7) is 8.89. The average molecular weight is 331 g/mol. The molecule has 0 fully saturated rings. The number of rotatable bonds is 5. The number of aliphatic imine (C=N–C) groups is 1. The zero-order valence-electron chi connectivity index (χ0n) is 14.9. The Labute approximate surface area is 142 Å². The number of nitrogens with zero attached hydrogens (tertiary/aromatic N) is 3. The third-order valence-electron chi connectivity index (χ3n) is 3.04. The van der Waals surface area contributed by atoms with E-state index in [1.165, 1.54) is 0 Å². The van der Waals surface area contributed by atoms with Crippen LogP contribution in [0.4, 0.5) is 0 Å². The van der Waals surface area contributed by atoms with Crippen molar-refractivity contribution in [3.8, 4) is 5.75 Å². The van der Waals surface area contributed by atoms with Gasteiger partial charge in [-0.3, -0.25) is 4.99 Å². The van der Waals surface area contributed by atoms with E-state index in [0.29, 0.717) is 30.8 Å². The number of benzene rings is 1. The molecule has 0 aliphatic heterocycles. The average Bonchev–Trinajstić information content (AvgIpc) is 2.93. The summed E-state index contributed by atoms with van der Waals surface area (Å²) in [5.41, 5.74) is 0.815. The maximum Gasteiger partial charge on any atom is 0.246 e. The highest BCUT2D eigenvalue weighted by Gasteiger charge is 2.14. The molecule has 1 aromatic carbocycles. The highest BCUT2D eigenvalue weighted by atomic mass is 16.5. The first kappa shape index (κ1) is 17.8. The largest absolute Gasteiger partial charge is 0.488 e. The van der Waals surface area contributed by atoms with Gasteiger partial charge in [-0.05, 0) is 33.8 Å². The van der Waals surface area contributed by atoms with Crippen molar-refractivity contribution in [3.05, 3.63) is 41.5 Å². The minimum Gasteiger partial charge on any atom is -0.488 e. The molecule has 0 radical (unpaired) electrons. The van der Waals surface area contributed by atoms with Gasteiger partial charge in [-0.1, -0.05) is 23.4 Å². The Morgan fingerprint density at radius 3 is 2.54 bits per heavy atom. The zero-order chi connectivity index (χ0) is 17.6. The van der Waals surface area contributed by atoms with Crippen LogP contribution in [0.1, 0.15) is 38.0 Å². The van der Waals surface area contributed by atoms with Crippen LogP contribution in [-0.4, -0.2) is 28.7 Å². The van der Waals surface area contributed by atoms with Crippen LogP contribution < -0.4 is 15.4 Å². The molecule has 0 unspecified atom stereocenters. The van der Waals surface area contributed by atoms with E-state index in [1.807, 2.05) is 45.0 Å². The molecule has 0 aliphatic rings. The molecule has 0 saturated heterocycles. The lowest BCUT2D eigenvalue weighted by Gasteiger charge is -2.23. The summed E-state index contributed by atoms with van der Waals surface area (Å²) < 4.78 is 11.1. The summed E-state index contributed by atoms with van der Waals surface area (Å²) in [5, 5.41) is 10.2. The maximum atomic E-state index is 6.00. The molecule has 1 aromatic heterocycles. The second kappa shape index (κ2) is 7.81. The number of nitrogens with one attached hydrogen (secondary N) is 2. The lowest BCUT2D eigenvalue weighted by molar-refractivity contribution is 0.129. The zero-order valence-corrected chi connectivity index (χ0v) is 14.9. The van der Waals surface area contributed by atoms with Crippen molar-refractivity contribution in [2.75, 3.05) is 7.05 Å². The van der Waals surface area contributed by atoms with Crippen molar-refractivity contribution >= 4 is 5.96 Å². The van der Waals surface area contributed by atoms with E-state index < -0.39 is 0 Å². The summed E-state index contributed by atoms with van der Waals surface area (Å²) in [4.78, 5) is 8.34. The molecular formula is C17H25N5O2. The lowest BCUT2D eigenvalue weighted by Crippen LogP contribution is -2.36. The fourth-order valence-corrected chi connectivity index (χ4v) is 2.05. The van der Waals surface area contributed by atoms with Gasteiger partial charge in [-0.25, -0.2) is 0 Å². The number of ether oxygens (including phenoxy) is 1. The van der Waals surface area contributed by atoms with Gasteiger partial charge in [0.05, 0.1) is 6.54 Å².